The third kappa shape index (κ3) is 4.67. The molecule has 0 aromatic heterocycles. The molecule has 0 aliphatic carbocycles. The number of ketones is 1. The fourth-order valence-corrected chi connectivity index (χ4v) is 5.33. The van der Waals surface area contributed by atoms with Gasteiger partial charge in [-0.15, -0.1) is 0 Å². The Bertz CT molecular complexity index is 1210. The molecule has 0 heterocycles. The van der Waals surface area contributed by atoms with Crippen LogP contribution >= 0.6 is 7.80 Å². The van der Waals surface area contributed by atoms with Gasteiger partial charge in [0.2, 0.25) is 11.1 Å². The average molecular weight is 465 g/mol. The van der Waals surface area contributed by atoms with Crippen molar-refractivity contribution in [2.75, 3.05) is 21.3 Å². The highest BCUT2D eigenvalue weighted by molar-refractivity contribution is 7.71. The summed E-state index contributed by atoms with van der Waals surface area (Å²) in [6.45, 7) is 5.58. The lowest BCUT2D eigenvalue weighted by Crippen LogP contribution is -2.17. The molecule has 0 aliphatic heterocycles. The van der Waals surface area contributed by atoms with E-state index in [1.54, 1.807) is 36.4 Å². The fraction of sp³-hybridized carbons (Fsp3) is 0.231. The first-order valence-corrected chi connectivity index (χ1v) is 11.5. The van der Waals surface area contributed by atoms with E-state index in [1.807, 2.05) is 32.9 Å². The van der Waals surface area contributed by atoms with Gasteiger partial charge in [0.25, 0.3) is 0 Å². The van der Waals surface area contributed by atoms with E-state index in [2.05, 4.69) is 0 Å². The number of carbonyl (C=O) groups is 2. The summed E-state index contributed by atoms with van der Waals surface area (Å²) in [5, 5.41) is 0.168. The van der Waals surface area contributed by atoms with E-state index in [-0.39, 0.29) is 27.9 Å². The molecular formula is C26H26O6P+. The van der Waals surface area contributed by atoms with Gasteiger partial charge in [-0.25, -0.2) is 4.79 Å². The van der Waals surface area contributed by atoms with Crippen molar-refractivity contribution in [1.82, 2.24) is 0 Å². The maximum atomic E-state index is 13.6. The molecule has 0 bridgehead atoms. The zero-order chi connectivity index (χ0) is 24.3. The lowest BCUT2D eigenvalue weighted by molar-refractivity contribution is 0.103. The Balaban J connectivity index is 2.13. The van der Waals surface area contributed by atoms with Crippen molar-refractivity contribution < 1.29 is 28.4 Å². The Labute approximate surface area is 194 Å². The summed E-state index contributed by atoms with van der Waals surface area (Å²) in [7, 11) is 1.81. The molecule has 0 saturated carbocycles. The minimum absolute atomic E-state index is 0.149. The van der Waals surface area contributed by atoms with Crippen molar-refractivity contribution in [3.05, 3.63) is 81.9 Å². The van der Waals surface area contributed by atoms with Gasteiger partial charge in [0.1, 0.15) is 22.8 Å². The molecule has 0 N–H and O–H groups in total. The Kier molecular flexibility index (Phi) is 7.29. The summed E-state index contributed by atoms with van der Waals surface area (Å²) >= 11 is 0. The number of ether oxygens (including phenoxy) is 3. The number of rotatable bonds is 8. The summed E-state index contributed by atoms with van der Waals surface area (Å²) in [5.41, 5.74) is 2.75. The van der Waals surface area contributed by atoms with Gasteiger partial charge in [0, 0.05) is 12.1 Å². The van der Waals surface area contributed by atoms with Crippen LogP contribution in [0, 0.1) is 20.8 Å². The van der Waals surface area contributed by atoms with Crippen LogP contribution < -0.4 is 19.5 Å². The first kappa shape index (κ1) is 24.1. The zero-order valence-electron chi connectivity index (χ0n) is 19.5. The van der Waals surface area contributed by atoms with Crippen LogP contribution in [0.25, 0.3) is 0 Å². The van der Waals surface area contributed by atoms with Gasteiger partial charge in [-0.3, -0.25) is 4.79 Å². The van der Waals surface area contributed by atoms with Gasteiger partial charge in [-0.05, 0) is 44.0 Å². The van der Waals surface area contributed by atoms with Gasteiger partial charge in [-0.1, -0.05) is 34.4 Å². The standard InChI is InChI=1S/C26H26O6P/c1-15-11-16(2)23(17(3)12-15)26(28)33(29)22-10-8-7-9-19(22)25(27)24-20(31-5)13-18(30-4)14-21(24)32-6/h7-14H,1-6H3/q+1. The number of aryl methyl sites for hydroxylation is 3. The summed E-state index contributed by atoms with van der Waals surface area (Å²) in [6.07, 6.45) is 0. The van der Waals surface area contributed by atoms with E-state index in [0.29, 0.717) is 11.3 Å². The third-order valence-electron chi connectivity index (χ3n) is 5.38. The van der Waals surface area contributed by atoms with Crippen LogP contribution in [0.5, 0.6) is 17.2 Å². The number of benzene rings is 3. The predicted octanol–water partition coefficient (Wildman–Crippen LogP) is 5.16. The van der Waals surface area contributed by atoms with Crippen LogP contribution in [-0.2, 0) is 4.57 Å². The zero-order valence-corrected chi connectivity index (χ0v) is 20.4. The van der Waals surface area contributed by atoms with Crippen molar-refractivity contribution in [2.45, 2.75) is 20.8 Å². The lowest BCUT2D eigenvalue weighted by Gasteiger charge is -2.14. The van der Waals surface area contributed by atoms with Gasteiger partial charge in [-0.2, -0.15) is 0 Å². The monoisotopic (exact) mass is 465 g/mol. The van der Waals surface area contributed by atoms with Gasteiger partial charge >= 0.3 is 13.3 Å². The van der Waals surface area contributed by atoms with Crippen LogP contribution in [0.1, 0.15) is 43.0 Å². The van der Waals surface area contributed by atoms with Crippen LogP contribution in [-0.4, -0.2) is 32.6 Å². The summed E-state index contributed by atoms with van der Waals surface area (Å²) in [6, 6.07) is 13.3. The smallest absolute Gasteiger partial charge is 0.459 e. The number of hydrogen-bond acceptors (Lipinski definition) is 6. The molecule has 0 spiro atoms. The van der Waals surface area contributed by atoms with Gasteiger partial charge < -0.3 is 14.2 Å². The number of carbonyl (C=O) groups excluding carboxylic acids is 2. The van der Waals surface area contributed by atoms with Crippen molar-refractivity contribution in [3.63, 3.8) is 0 Å². The third-order valence-corrected chi connectivity index (χ3v) is 6.81. The number of methoxy groups -OCH3 is 3. The summed E-state index contributed by atoms with van der Waals surface area (Å²) in [5.74, 6) is 0.492. The van der Waals surface area contributed by atoms with E-state index in [9.17, 15) is 14.2 Å². The Morgan fingerprint density at radius 1 is 0.758 bits per heavy atom. The molecule has 33 heavy (non-hydrogen) atoms. The van der Waals surface area contributed by atoms with Crippen LogP contribution in [0.2, 0.25) is 0 Å². The maximum Gasteiger partial charge on any atom is 0.459 e. The van der Waals surface area contributed by atoms with Crippen LogP contribution in [0.3, 0.4) is 0 Å². The highest BCUT2D eigenvalue weighted by Crippen LogP contribution is 2.37. The molecule has 170 valence electrons. The number of hydrogen-bond donors (Lipinski definition) is 0. The molecule has 3 aromatic carbocycles. The fourth-order valence-electron chi connectivity index (χ4n) is 3.94. The highest BCUT2D eigenvalue weighted by atomic mass is 31.1. The molecule has 6 nitrogen and oxygen atoms in total. The Hall–Kier alpha value is -3.50. The summed E-state index contributed by atoms with van der Waals surface area (Å²) < 4.78 is 29.5. The molecule has 0 amide bonds. The topological polar surface area (TPSA) is 78.9 Å². The normalized spacial score (nSPS) is 11.0. The van der Waals surface area contributed by atoms with Crippen molar-refractivity contribution in [2.24, 2.45) is 0 Å². The Morgan fingerprint density at radius 3 is 1.82 bits per heavy atom. The second-order valence-corrected chi connectivity index (χ2v) is 9.10. The van der Waals surface area contributed by atoms with E-state index in [1.165, 1.54) is 21.3 Å². The molecule has 3 aromatic rings. The van der Waals surface area contributed by atoms with Crippen molar-refractivity contribution >= 4 is 24.4 Å². The molecule has 0 aliphatic rings. The first-order valence-electron chi connectivity index (χ1n) is 10.3. The largest absolute Gasteiger partial charge is 0.496 e. The molecule has 1 atom stereocenters. The average Bonchev–Trinajstić information content (AvgIpc) is 2.81. The van der Waals surface area contributed by atoms with Gasteiger partial charge in [0.05, 0.1) is 32.5 Å². The first-order chi connectivity index (χ1) is 15.7. The minimum atomic E-state index is -2.55. The molecule has 7 heteroatoms. The molecular weight excluding hydrogens is 439 g/mol. The lowest BCUT2D eigenvalue weighted by atomic mass is 10.0. The second-order valence-electron chi connectivity index (χ2n) is 7.63. The molecule has 0 radical (unpaired) electrons. The van der Waals surface area contributed by atoms with E-state index in [4.69, 9.17) is 14.2 Å². The van der Waals surface area contributed by atoms with Crippen LogP contribution in [0.15, 0.2) is 48.5 Å². The molecule has 1 unspecified atom stereocenters. The second kappa shape index (κ2) is 9.97. The molecule has 0 fully saturated rings. The molecule has 0 saturated heterocycles. The van der Waals surface area contributed by atoms with Crippen molar-refractivity contribution in [1.29, 1.82) is 0 Å². The molecule has 3 rings (SSSR count). The summed E-state index contributed by atoms with van der Waals surface area (Å²) in [4.78, 5) is 26.9. The highest BCUT2D eigenvalue weighted by Gasteiger charge is 2.39. The van der Waals surface area contributed by atoms with E-state index < -0.39 is 19.1 Å². The van der Waals surface area contributed by atoms with Gasteiger partial charge in [0.15, 0.2) is 0 Å². The quantitative estimate of drug-likeness (QED) is 0.338. The van der Waals surface area contributed by atoms with E-state index in [0.717, 1.165) is 16.7 Å². The minimum Gasteiger partial charge on any atom is -0.496 e. The Morgan fingerprint density at radius 2 is 1.30 bits per heavy atom. The van der Waals surface area contributed by atoms with E-state index >= 15 is 0 Å². The van der Waals surface area contributed by atoms with Crippen LogP contribution in [0.4, 0.5) is 0 Å². The van der Waals surface area contributed by atoms with Crippen molar-refractivity contribution in [3.8, 4) is 17.2 Å². The SMILES string of the molecule is COc1cc(OC)c(C(=O)c2ccccc2[P+](=O)C(=O)c2c(C)cc(C)cc2C)c(OC)c1. The maximum absolute atomic E-state index is 13.6. The predicted molar refractivity (Wildman–Crippen MR) is 128 cm³/mol.